The van der Waals surface area contributed by atoms with Crippen LogP contribution in [0.25, 0.3) is 10.6 Å². The lowest BCUT2D eigenvalue weighted by atomic mass is 9.84. The molecule has 1 N–H and O–H groups in total. The second-order valence-electron chi connectivity index (χ2n) is 4.97. The lowest BCUT2D eigenvalue weighted by Crippen LogP contribution is -2.04. The Hall–Kier alpha value is -1.35. The summed E-state index contributed by atoms with van der Waals surface area (Å²) in [6, 6.07) is 8.71. The molecule has 0 amide bonds. The van der Waals surface area contributed by atoms with Gasteiger partial charge in [0.05, 0.1) is 5.38 Å². The highest BCUT2D eigenvalue weighted by Crippen LogP contribution is 2.34. The van der Waals surface area contributed by atoms with Crippen LogP contribution < -0.4 is 0 Å². The summed E-state index contributed by atoms with van der Waals surface area (Å²) in [6.07, 6.45) is 6.79. The van der Waals surface area contributed by atoms with Gasteiger partial charge in [0, 0.05) is 5.56 Å². The number of thiazole rings is 1. The van der Waals surface area contributed by atoms with Crippen molar-refractivity contribution in [2.24, 2.45) is 0 Å². The van der Waals surface area contributed by atoms with Gasteiger partial charge in [0.2, 0.25) is 5.88 Å². The van der Waals surface area contributed by atoms with Crippen LogP contribution in [-0.2, 0) is 0 Å². The summed E-state index contributed by atoms with van der Waals surface area (Å²) in [5.74, 6) is 0.865. The Balaban J connectivity index is 1.80. The number of rotatable bonds is 2. The number of nitrogens with zero attached hydrogens (tertiary/aromatic N) is 1. The smallest absolute Gasteiger partial charge is 0.222 e. The average molecular weight is 259 g/mol. The van der Waals surface area contributed by atoms with Crippen molar-refractivity contribution in [3.05, 3.63) is 35.2 Å². The summed E-state index contributed by atoms with van der Waals surface area (Å²) in [4.78, 5) is 4.10. The average Bonchev–Trinajstić information content (AvgIpc) is 2.87. The summed E-state index contributed by atoms with van der Waals surface area (Å²) >= 11 is 1.48. The summed E-state index contributed by atoms with van der Waals surface area (Å²) in [5.41, 5.74) is 2.55. The van der Waals surface area contributed by atoms with Crippen molar-refractivity contribution in [3.8, 4) is 16.5 Å². The van der Waals surface area contributed by atoms with Gasteiger partial charge in [-0.1, -0.05) is 43.5 Å². The summed E-state index contributed by atoms with van der Waals surface area (Å²) in [5, 5.41) is 11.8. The normalized spacial score (nSPS) is 16.9. The maximum Gasteiger partial charge on any atom is 0.222 e. The summed E-state index contributed by atoms with van der Waals surface area (Å²) in [7, 11) is 0. The number of hydrogen-bond donors (Lipinski definition) is 1. The zero-order valence-electron chi connectivity index (χ0n) is 10.3. The van der Waals surface area contributed by atoms with Crippen LogP contribution in [0.5, 0.6) is 5.88 Å². The molecule has 1 aromatic heterocycles. The van der Waals surface area contributed by atoms with E-state index >= 15 is 0 Å². The highest BCUT2D eigenvalue weighted by atomic mass is 32.1. The van der Waals surface area contributed by atoms with Gasteiger partial charge in [-0.2, -0.15) is 0 Å². The topological polar surface area (TPSA) is 33.1 Å². The highest BCUT2D eigenvalue weighted by Gasteiger charge is 2.15. The number of benzene rings is 1. The van der Waals surface area contributed by atoms with Gasteiger partial charge in [-0.05, 0) is 24.3 Å². The number of aromatic nitrogens is 1. The minimum absolute atomic E-state index is 0.117. The molecule has 0 radical (unpaired) electrons. The van der Waals surface area contributed by atoms with E-state index in [0.717, 1.165) is 16.5 Å². The SMILES string of the molecule is Oc1csc(-c2ccc(C3CCCCC3)cc2)n1. The van der Waals surface area contributed by atoms with Gasteiger partial charge in [0.15, 0.2) is 0 Å². The zero-order valence-corrected chi connectivity index (χ0v) is 11.1. The Kier molecular flexibility index (Phi) is 3.33. The molecule has 1 saturated carbocycles. The van der Waals surface area contributed by atoms with Gasteiger partial charge >= 0.3 is 0 Å². The molecule has 1 aliphatic rings. The molecule has 18 heavy (non-hydrogen) atoms. The van der Waals surface area contributed by atoms with Gasteiger partial charge in [-0.3, -0.25) is 0 Å². The first kappa shape index (κ1) is 11.7. The lowest BCUT2D eigenvalue weighted by molar-refractivity contribution is 0.443. The Morgan fingerprint density at radius 3 is 2.39 bits per heavy atom. The largest absolute Gasteiger partial charge is 0.493 e. The monoisotopic (exact) mass is 259 g/mol. The molecular formula is C15H17NOS. The van der Waals surface area contributed by atoms with E-state index in [4.69, 9.17) is 0 Å². The van der Waals surface area contributed by atoms with E-state index in [0.29, 0.717) is 0 Å². The fourth-order valence-corrected chi connectivity index (χ4v) is 3.42. The molecule has 0 bridgehead atoms. The molecular weight excluding hydrogens is 242 g/mol. The predicted molar refractivity (Wildman–Crippen MR) is 75.0 cm³/mol. The molecule has 94 valence electrons. The van der Waals surface area contributed by atoms with Crippen LogP contribution >= 0.6 is 11.3 Å². The maximum atomic E-state index is 9.27. The van der Waals surface area contributed by atoms with E-state index in [1.807, 2.05) is 0 Å². The van der Waals surface area contributed by atoms with Crippen molar-refractivity contribution in [2.45, 2.75) is 38.0 Å². The van der Waals surface area contributed by atoms with Gasteiger partial charge in [-0.15, -0.1) is 11.3 Å². The van der Waals surface area contributed by atoms with Crippen molar-refractivity contribution in [3.63, 3.8) is 0 Å². The van der Waals surface area contributed by atoms with E-state index in [-0.39, 0.29) is 5.88 Å². The van der Waals surface area contributed by atoms with Crippen molar-refractivity contribution in [1.29, 1.82) is 0 Å². The first-order chi connectivity index (χ1) is 8.83. The van der Waals surface area contributed by atoms with Crippen molar-refractivity contribution in [2.75, 3.05) is 0 Å². The number of hydrogen-bond acceptors (Lipinski definition) is 3. The second-order valence-corrected chi connectivity index (χ2v) is 5.83. The third kappa shape index (κ3) is 2.41. The highest BCUT2D eigenvalue weighted by molar-refractivity contribution is 7.13. The van der Waals surface area contributed by atoms with E-state index in [1.54, 1.807) is 5.38 Å². The standard InChI is InChI=1S/C15H17NOS/c17-14-10-18-15(16-14)13-8-6-12(7-9-13)11-4-2-1-3-5-11/h6-11,17H,1-5H2. The van der Waals surface area contributed by atoms with Crippen LogP contribution in [0.1, 0.15) is 43.6 Å². The molecule has 1 fully saturated rings. The molecule has 1 aliphatic carbocycles. The van der Waals surface area contributed by atoms with Crippen molar-refractivity contribution >= 4 is 11.3 Å². The minimum atomic E-state index is 0.117. The quantitative estimate of drug-likeness (QED) is 0.857. The van der Waals surface area contributed by atoms with Crippen LogP contribution in [0, 0.1) is 0 Å². The molecule has 0 spiro atoms. The van der Waals surface area contributed by atoms with E-state index in [9.17, 15) is 5.11 Å². The van der Waals surface area contributed by atoms with Crippen LogP contribution in [-0.4, -0.2) is 10.1 Å². The summed E-state index contributed by atoms with van der Waals surface area (Å²) < 4.78 is 0. The molecule has 0 unspecified atom stereocenters. The molecule has 0 atom stereocenters. The van der Waals surface area contributed by atoms with Gasteiger partial charge in [-0.25, -0.2) is 4.98 Å². The second kappa shape index (κ2) is 5.11. The molecule has 2 aromatic rings. The first-order valence-corrected chi connectivity index (χ1v) is 7.46. The first-order valence-electron chi connectivity index (χ1n) is 6.58. The predicted octanol–water partition coefficient (Wildman–Crippen LogP) is 4.56. The molecule has 2 nitrogen and oxygen atoms in total. The van der Waals surface area contributed by atoms with Crippen molar-refractivity contribution in [1.82, 2.24) is 4.98 Å². The lowest BCUT2D eigenvalue weighted by Gasteiger charge is -2.21. The fourth-order valence-electron chi connectivity index (χ4n) is 2.73. The molecule has 0 saturated heterocycles. The van der Waals surface area contributed by atoms with Crippen LogP contribution in [0.4, 0.5) is 0 Å². The Morgan fingerprint density at radius 2 is 1.78 bits per heavy atom. The van der Waals surface area contributed by atoms with Gasteiger partial charge in [0.25, 0.3) is 0 Å². The Bertz CT molecular complexity index is 512. The Labute approximate surface area is 111 Å². The van der Waals surface area contributed by atoms with Gasteiger partial charge in [0.1, 0.15) is 5.01 Å². The van der Waals surface area contributed by atoms with Crippen LogP contribution in [0.2, 0.25) is 0 Å². The molecule has 1 aromatic carbocycles. The molecule has 1 heterocycles. The molecule has 3 heteroatoms. The Morgan fingerprint density at radius 1 is 1.06 bits per heavy atom. The van der Waals surface area contributed by atoms with E-state index < -0.39 is 0 Å². The van der Waals surface area contributed by atoms with Crippen molar-refractivity contribution < 1.29 is 5.11 Å². The third-order valence-corrected chi connectivity index (χ3v) is 4.61. The van der Waals surface area contributed by atoms with Crippen LogP contribution in [0.3, 0.4) is 0 Å². The maximum absolute atomic E-state index is 9.27. The molecule has 3 rings (SSSR count). The van der Waals surface area contributed by atoms with E-state index in [1.165, 1.54) is 49.0 Å². The summed E-state index contributed by atoms with van der Waals surface area (Å²) in [6.45, 7) is 0. The number of aromatic hydroxyl groups is 1. The third-order valence-electron chi connectivity index (χ3n) is 3.73. The minimum Gasteiger partial charge on any atom is -0.493 e. The van der Waals surface area contributed by atoms with Crippen LogP contribution in [0.15, 0.2) is 29.6 Å². The fraction of sp³-hybridized carbons (Fsp3) is 0.400. The van der Waals surface area contributed by atoms with Gasteiger partial charge < -0.3 is 5.11 Å². The zero-order chi connectivity index (χ0) is 12.4. The molecule has 0 aliphatic heterocycles. The van der Waals surface area contributed by atoms with E-state index in [2.05, 4.69) is 29.2 Å².